The van der Waals surface area contributed by atoms with Gasteiger partial charge < -0.3 is 0 Å². The number of Topliss-reactive ketones (excluding diaryl/α,β-unsaturated/α-hetero) is 1. The molecule has 0 aromatic heterocycles. The highest BCUT2D eigenvalue weighted by atomic mass is 19.1. The fourth-order valence-electron chi connectivity index (χ4n) is 2.06. The Morgan fingerprint density at radius 3 is 2.32 bits per heavy atom. The lowest BCUT2D eigenvalue weighted by Crippen LogP contribution is -2.43. The SMILES string of the molecule is CCCN(CC)CC(C)(F)C(=O)c1ccc(F)cc1. The van der Waals surface area contributed by atoms with Crippen LogP contribution >= 0.6 is 0 Å². The number of benzene rings is 1. The minimum atomic E-state index is -1.96. The summed E-state index contributed by atoms with van der Waals surface area (Å²) in [4.78, 5) is 14.0. The van der Waals surface area contributed by atoms with E-state index in [0.717, 1.165) is 13.0 Å². The van der Waals surface area contributed by atoms with Gasteiger partial charge in [-0.3, -0.25) is 9.69 Å². The molecule has 0 radical (unpaired) electrons. The molecule has 1 aromatic rings. The molecule has 0 N–H and O–H groups in total. The molecule has 0 saturated carbocycles. The summed E-state index contributed by atoms with van der Waals surface area (Å²) in [5, 5.41) is 0. The van der Waals surface area contributed by atoms with Crippen molar-refractivity contribution in [1.82, 2.24) is 4.90 Å². The van der Waals surface area contributed by atoms with Crippen molar-refractivity contribution in [2.45, 2.75) is 32.9 Å². The summed E-state index contributed by atoms with van der Waals surface area (Å²) in [6.45, 7) is 6.76. The highest BCUT2D eigenvalue weighted by Crippen LogP contribution is 2.20. The maximum atomic E-state index is 14.5. The summed E-state index contributed by atoms with van der Waals surface area (Å²) in [5.41, 5.74) is -1.75. The quantitative estimate of drug-likeness (QED) is 0.706. The number of ketones is 1. The Morgan fingerprint density at radius 2 is 1.84 bits per heavy atom. The first kappa shape index (κ1) is 15.8. The molecule has 0 spiro atoms. The van der Waals surface area contributed by atoms with Crippen LogP contribution in [0.5, 0.6) is 0 Å². The zero-order valence-electron chi connectivity index (χ0n) is 11.7. The average Bonchev–Trinajstić information content (AvgIpc) is 2.38. The minimum Gasteiger partial charge on any atom is -0.300 e. The van der Waals surface area contributed by atoms with Gasteiger partial charge in [0.15, 0.2) is 5.67 Å². The Morgan fingerprint density at radius 1 is 1.26 bits per heavy atom. The molecule has 0 bridgehead atoms. The summed E-state index contributed by atoms with van der Waals surface area (Å²) in [6, 6.07) is 5.00. The van der Waals surface area contributed by atoms with Crippen molar-refractivity contribution in [3.63, 3.8) is 0 Å². The summed E-state index contributed by atoms with van der Waals surface area (Å²) < 4.78 is 27.3. The van der Waals surface area contributed by atoms with Crippen LogP contribution in [0.15, 0.2) is 24.3 Å². The standard InChI is InChI=1S/C15H21F2NO/c1-4-10-18(5-2)11-15(3,17)14(19)12-6-8-13(16)9-7-12/h6-9H,4-5,10-11H2,1-3H3. The molecule has 1 rings (SSSR count). The topological polar surface area (TPSA) is 20.3 Å². The Bertz CT molecular complexity index is 415. The monoisotopic (exact) mass is 269 g/mol. The Labute approximate surface area is 113 Å². The molecule has 1 unspecified atom stereocenters. The van der Waals surface area contributed by atoms with Crippen LogP contribution in [0.2, 0.25) is 0 Å². The number of rotatable bonds is 7. The van der Waals surface area contributed by atoms with E-state index in [4.69, 9.17) is 0 Å². The predicted octanol–water partition coefficient (Wildman–Crippen LogP) is 3.47. The Balaban J connectivity index is 2.80. The third kappa shape index (κ3) is 4.39. The summed E-state index contributed by atoms with van der Waals surface area (Å²) in [7, 11) is 0. The van der Waals surface area contributed by atoms with Gasteiger partial charge in [0.2, 0.25) is 5.78 Å². The number of hydrogen-bond donors (Lipinski definition) is 0. The van der Waals surface area contributed by atoms with E-state index in [1.807, 2.05) is 18.7 Å². The van der Waals surface area contributed by atoms with E-state index in [-0.39, 0.29) is 12.1 Å². The van der Waals surface area contributed by atoms with Crippen molar-refractivity contribution < 1.29 is 13.6 Å². The average molecular weight is 269 g/mol. The van der Waals surface area contributed by atoms with Crippen LogP contribution in [0.1, 0.15) is 37.6 Å². The van der Waals surface area contributed by atoms with Gasteiger partial charge >= 0.3 is 0 Å². The van der Waals surface area contributed by atoms with Crippen molar-refractivity contribution >= 4 is 5.78 Å². The molecule has 0 saturated heterocycles. The molecule has 0 fully saturated rings. The molecule has 1 atom stereocenters. The van der Waals surface area contributed by atoms with Gasteiger partial charge in [-0.15, -0.1) is 0 Å². The summed E-state index contributed by atoms with van der Waals surface area (Å²) >= 11 is 0. The summed E-state index contributed by atoms with van der Waals surface area (Å²) in [5.74, 6) is -1.03. The number of carbonyl (C=O) groups is 1. The van der Waals surface area contributed by atoms with E-state index >= 15 is 0 Å². The number of carbonyl (C=O) groups excluding carboxylic acids is 1. The van der Waals surface area contributed by atoms with Crippen LogP contribution < -0.4 is 0 Å². The lowest BCUT2D eigenvalue weighted by Gasteiger charge is -2.27. The van der Waals surface area contributed by atoms with Crippen molar-refractivity contribution in [3.8, 4) is 0 Å². The molecule has 2 nitrogen and oxygen atoms in total. The number of hydrogen-bond acceptors (Lipinski definition) is 2. The van der Waals surface area contributed by atoms with Gasteiger partial charge in [-0.2, -0.15) is 0 Å². The first-order valence-corrected chi connectivity index (χ1v) is 6.62. The second-order valence-corrected chi connectivity index (χ2v) is 4.90. The van der Waals surface area contributed by atoms with Crippen molar-refractivity contribution in [3.05, 3.63) is 35.6 Å². The van der Waals surface area contributed by atoms with E-state index in [1.54, 1.807) is 0 Å². The third-order valence-electron chi connectivity index (χ3n) is 3.09. The number of halogens is 2. The second kappa shape index (κ2) is 6.75. The van der Waals surface area contributed by atoms with Crippen LogP contribution in [0.4, 0.5) is 8.78 Å². The molecule has 0 amide bonds. The van der Waals surface area contributed by atoms with Crippen LogP contribution in [-0.4, -0.2) is 36.0 Å². The Kier molecular flexibility index (Phi) is 5.60. The van der Waals surface area contributed by atoms with Crippen LogP contribution in [0.3, 0.4) is 0 Å². The number of alkyl halides is 1. The van der Waals surface area contributed by atoms with Gasteiger partial charge in [0.25, 0.3) is 0 Å². The lowest BCUT2D eigenvalue weighted by atomic mass is 9.95. The molecule has 106 valence electrons. The molecular formula is C15H21F2NO. The van der Waals surface area contributed by atoms with Crippen molar-refractivity contribution in [1.29, 1.82) is 0 Å². The molecule has 0 heterocycles. The van der Waals surface area contributed by atoms with E-state index in [2.05, 4.69) is 0 Å². The van der Waals surface area contributed by atoms with E-state index < -0.39 is 17.3 Å². The zero-order chi connectivity index (χ0) is 14.5. The highest BCUT2D eigenvalue weighted by Gasteiger charge is 2.35. The number of nitrogens with zero attached hydrogens (tertiary/aromatic N) is 1. The molecule has 19 heavy (non-hydrogen) atoms. The zero-order valence-corrected chi connectivity index (χ0v) is 11.7. The first-order chi connectivity index (χ1) is 8.90. The summed E-state index contributed by atoms with van der Waals surface area (Å²) in [6.07, 6.45) is 0.911. The smallest absolute Gasteiger partial charge is 0.201 e. The van der Waals surface area contributed by atoms with Gasteiger partial charge in [-0.05, 0) is 50.7 Å². The predicted molar refractivity (Wildman–Crippen MR) is 72.6 cm³/mol. The molecular weight excluding hydrogens is 248 g/mol. The van der Waals surface area contributed by atoms with E-state index in [9.17, 15) is 13.6 Å². The van der Waals surface area contributed by atoms with Crippen LogP contribution in [0, 0.1) is 5.82 Å². The van der Waals surface area contributed by atoms with Gasteiger partial charge in [0.1, 0.15) is 5.82 Å². The molecule has 4 heteroatoms. The van der Waals surface area contributed by atoms with E-state index in [0.29, 0.717) is 6.54 Å². The van der Waals surface area contributed by atoms with Gasteiger partial charge in [0, 0.05) is 12.1 Å². The fourth-order valence-corrected chi connectivity index (χ4v) is 2.06. The van der Waals surface area contributed by atoms with Gasteiger partial charge in [0.05, 0.1) is 0 Å². The normalized spacial score (nSPS) is 14.4. The van der Waals surface area contributed by atoms with Crippen molar-refractivity contribution in [2.75, 3.05) is 19.6 Å². The maximum absolute atomic E-state index is 14.5. The molecule has 0 aliphatic carbocycles. The Hall–Kier alpha value is -1.29. The van der Waals surface area contributed by atoms with Crippen LogP contribution in [-0.2, 0) is 0 Å². The van der Waals surface area contributed by atoms with E-state index in [1.165, 1.54) is 31.2 Å². The maximum Gasteiger partial charge on any atom is 0.201 e. The van der Waals surface area contributed by atoms with Gasteiger partial charge in [-0.25, -0.2) is 8.78 Å². The third-order valence-corrected chi connectivity index (χ3v) is 3.09. The van der Waals surface area contributed by atoms with Gasteiger partial charge in [-0.1, -0.05) is 13.8 Å². The van der Waals surface area contributed by atoms with Crippen LogP contribution in [0.25, 0.3) is 0 Å². The van der Waals surface area contributed by atoms with Crippen molar-refractivity contribution in [2.24, 2.45) is 0 Å². The minimum absolute atomic E-state index is 0.0630. The fraction of sp³-hybridized carbons (Fsp3) is 0.533. The molecule has 0 aliphatic rings. The first-order valence-electron chi connectivity index (χ1n) is 6.62. The largest absolute Gasteiger partial charge is 0.300 e. The lowest BCUT2D eigenvalue weighted by molar-refractivity contribution is 0.0610. The molecule has 1 aromatic carbocycles. The highest BCUT2D eigenvalue weighted by molar-refractivity contribution is 6.02. The second-order valence-electron chi connectivity index (χ2n) is 4.90. The molecule has 0 aliphatic heterocycles.